The van der Waals surface area contributed by atoms with Gasteiger partial charge < -0.3 is 10.2 Å². The van der Waals surface area contributed by atoms with Crippen LogP contribution in [0.3, 0.4) is 0 Å². The van der Waals surface area contributed by atoms with Crippen molar-refractivity contribution in [3.63, 3.8) is 0 Å². The summed E-state index contributed by atoms with van der Waals surface area (Å²) in [6.07, 6.45) is 3.91. The van der Waals surface area contributed by atoms with Gasteiger partial charge in [0.05, 0.1) is 6.10 Å². The molecule has 4 rings (SSSR count). The molecule has 0 aliphatic heterocycles. The maximum absolute atomic E-state index is 12.0. The fourth-order valence-electron chi connectivity index (χ4n) is 5.00. The number of ketones is 1. The van der Waals surface area contributed by atoms with Gasteiger partial charge in [0.15, 0.2) is 0 Å². The SMILES string of the molecule is O=C1CCC2C1CC(O)C1c3ccc(O)cc3CCC21. The summed E-state index contributed by atoms with van der Waals surface area (Å²) in [5, 5.41) is 20.2. The Morgan fingerprint density at radius 1 is 1.10 bits per heavy atom. The molecule has 3 heteroatoms. The van der Waals surface area contributed by atoms with Crippen molar-refractivity contribution in [1.82, 2.24) is 0 Å². The second kappa shape index (κ2) is 4.32. The number of aromatic hydroxyl groups is 1. The average Bonchev–Trinajstić information content (AvgIpc) is 2.80. The van der Waals surface area contributed by atoms with E-state index >= 15 is 0 Å². The molecule has 1 aromatic rings. The lowest BCUT2D eigenvalue weighted by molar-refractivity contribution is -0.124. The van der Waals surface area contributed by atoms with Crippen LogP contribution in [0.5, 0.6) is 5.75 Å². The molecule has 0 saturated heterocycles. The number of hydrogen-bond donors (Lipinski definition) is 2. The van der Waals surface area contributed by atoms with Crippen molar-refractivity contribution in [2.24, 2.45) is 17.8 Å². The Hall–Kier alpha value is -1.35. The minimum atomic E-state index is -0.410. The highest BCUT2D eigenvalue weighted by Gasteiger charge is 2.50. The van der Waals surface area contributed by atoms with E-state index in [0.717, 1.165) is 19.3 Å². The zero-order valence-corrected chi connectivity index (χ0v) is 11.5. The lowest BCUT2D eigenvalue weighted by atomic mass is 9.59. The van der Waals surface area contributed by atoms with Gasteiger partial charge >= 0.3 is 0 Å². The number of fused-ring (bicyclic) bond motifs is 5. The number of carbonyl (C=O) groups is 1. The standard InChI is InChI=1S/C17H20O3/c18-10-2-4-11-9(7-10)1-3-13-12-5-6-15(19)14(12)8-16(20)17(11)13/h2,4,7,12-14,16-18,20H,1,3,5-6,8H2. The maximum atomic E-state index is 12.0. The van der Waals surface area contributed by atoms with Crippen LogP contribution in [0.15, 0.2) is 18.2 Å². The number of phenolic OH excluding ortho intramolecular Hbond substituents is 1. The first-order chi connectivity index (χ1) is 9.65. The van der Waals surface area contributed by atoms with E-state index in [9.17, 15) is 15.0 Å². The van der Waals surface area contributed by atoms with E-state index in [1.54, 1.807) is 6.07 Å². The highest BCUT2D eigenvalue weighted by molar-refractivity contribution is 5.83. The van der Waals surface area contributed by atoms with Gasteiger partial charge in [-0.2, -0.15) is 0 Å². The van der Waals surface area contributed by atoms with Gasteiger partial charge in [-0.25, -0.2) is 0 Å². The monoisotopic (exact) mass is 272 g/mol. The summed E-state index contributed by atoms with van der Waals surface area (Å²) < 4.78 is 0. The van der Waals surface area contributed by atoms with Crippen LogP contribution in [0, 0.1) is 17.8 Å². The third-order valence-corrected chi connectivity index (χ3v) is 5.81. The number of Topliss-reactive ketones (excluding diaryl/α,β-unsaturated/α-hetero) is 1. The van der Waals surface area contributed by atoms with Gasteiger partial charge in [0.25, 0.3) is 0 Å². The van der Waals surface area contributed by atoms with Crippen LogP contribution in [-0.4, -0.2) is 22.1 Å². The first-order valence-corrected chi connectivity index (χ1v) is 7.67. The summed E-state index contributed by atoms with van der Waals surface area (Å²) in [6, 6.07) is 5.53. The highest BCUT2D eigenvalue weighted by Crippen LogP contribution is 2.54. The predicted octanol–water partition coefficient (Wildman–Crippen LogP) is 2.40. The van der Waals surface area contributed by atoms with E-state index in [0.29, 0.717) is 36.2 Å². The third-order valence-electron chi connectivity index (χ3n) is 5.81. The van der Waals surface area contributed by atoms with E-state index in [4.69, 9.17) is 0 Å². The van der Waals surface area contributed by atoms with E-state index in [2.05, 4.69) is 0 Å². The molecule has 20 heavy (non-hydrogen) atoms. The molecule has 3 aliphatic carbocycles. The van der Waals surface area contributed by atoms with Crippen molar-refractivity contribution in [1.29, 1.82) is 0 Å². The minimum absolute atomic E-state index is 0.102. The Bertz CT molecular complexity index is 565. The van der Waals surface area contributed by atoms with Gasteiger partial charge in [0.1, 0.15) is 11.5 Å². The van der Waals surface area contributed by atoms with Crippen molar-refractivity contribution in [2.75, 3.05) is 0 Å². The number of hydrogen-bond acceptors (Lipinski definition) is 3. The zero-order valence-electron chi connectivity index (χ0n) is 11.5. The smallest absolute Gasteiger partial charge is 0.136 e. The minimum Gasteiger partial charge on any atom is -0.508 e. The topological polar surface area (TPSA) is 57.5 Å². The summed E-state index contributed by atoms with van der Waals surface area (Å²) in [7, 11) is 0. The molecule has 2 saturated carbocycles. The normalized spacial score (nSPS) is 39.0. The number of carbonyl (C=O) groups excluding carboxylic acids is 1. The molecule has 0 radical (unpaired) electrons. The number of benzene rings is 1. The van der Waals surface area contributed by atoms with E-state index in [-0.39, 0.29) is 11.8 Å². The van der Waals surface area contributed by atoms with Crippen LogP contribution >= 0.6 is 0 Å². The second-order valence-corrected chi connectivity index (χ2v) is 6.69. The second-order valence-electron chi connectivity index (χ2n) is 6.69. The van der Waals surface area contributed by atoms with Crippen LogP contribution in [0.2, 0.25) is 0 Å². The van der Waals surface area contributed by atoms with Crippen LogP contribution in [0.25, 0.3) is 0 Å². The Labute approximate surface area is 118 Å². The van der Waals surface area contributed by atoms with Crippen molar-refractivity contribution in [3.05, 3.63) is 29.3 Å². The Balaban J connectivity index is 1.75. The quantitative estimate of drug-likeness (QED) is 0.762. The lowest BCUT2D eigenvalue weighted by Crippen LogP contribution is -2.43. The molecule has 2 N–H and O–H groups in total. The number of aliphatic hydroxyl groups is 1. The fraction of sp³-hybridized carbons (Fsp3) is 0.588. The fourth-order valence-corrected chi connectivity index (χ4v) is 5.00. The summed E-state index contributed by atoms with van der Waals surface area (Å²) in [6.45, 7) is 0. The van der Waals surface area contributed by atoms with Crippen LogP contribution < -0.4 is 0 Å². The molecule has 3 aliphatic rings. The van der Waals surface area contributed by atoms with Gasteiger partial charge in [0, 0.05) is 18.3 Å². The Morgan fingerprint density at radius 2 is 1.90 bits per heavy atom. The van der Waals surface area contributed by atoms with Gasteiger partial charge in [0.2, 0.25) is 0 Å². The molecule has 3 nitrogen and oxygen atoms in total. The van der Waals surface area contributed by atoms with E-state index < -0.39 is 6.10 Å². The summed E-state index contributed by atoms with van der Waals surface area (Å²) in [5.41, 5.74) is 2.37. The first-order valence-electron chi connectivity index (χ1n) is 7.67. The highest BCUT2D eigenvalue weighted by atomic mass is 16.3. The molecule has 0 spiro atoms. The molecule has 1 aromatic carbocycles. The van der Waals surface area contributed by atoms with Crippen molar-refractivity contribution in [2.45, 2.75) is 44.1 Å². The predicted molar refractivity (Wildman–Crippen MR) is 74.5 cm³/mol. The summed E-state index contributed by atoms with van der Waals surface area (Å²) in [4.78, 5) is 12.0. The van der Waals surface area contributed by atoms with E-state index in [1.807, 2.05) is 12.1 Å². The number of rotatable bonds is 0. The molecular formula is C17H20O3. The molecule has 5 atom stereocenters. The molecule has 106 valence electrons. The average molecular weight is 272 g/mol. The molecule has 2 fully saturated rings. The summed E-state index contributed by atoms with van der Waals surface area (Å²) >= 11 is 0. The molecule has 5 unspecified atom stereocenters. The Kier molecular flexibility index (Phi) is 2.68. The number of aliphatic hydroxyl groups excluding tert-OH is 1. The van der Waals surface area contributed by atoms with Gasteiger partial charge in [-0.05, 0) is 60.8 Å². The molecule has 0 aromatic heterocycles. The van der Waals surface area contributed by atoms with Crippen LogP contribution in [-0.2, 0) is 11.2 Å². The first kappa shape index (κ1) is 12.4. The Morgan fingerprint density at radius 3 is 2.75 bits per heavy atom. The van der Waals surface area contributed by atoms with Crippen LogP contribution in [0.4, 0.5) is 0 Å². The molecule has 0 heterocycles. The van der Waals surface area contributed by atoms with Gasteiger partial charge in [-0.3, -0.25) is 4.79 Å². The molecule has 0 amide bonds. The van der Waals surface area contributed by atoms with Crippen molar-refractivity contribution in [3.8, 4) is 5.75 Å². The van der Waals surface area contributed by atoms with E-state index in [1.165, 1.54) is 11.1 Å². The molecular weight excluding hydrogens is 252 g/mol. The maximum Gasteiger partial charge on any atom is 0.136 e. The zero-order chi connectivity index (χ0) is 13.9. The third kappa shape index (κ3) is 1.65. The van der Waals surface area contributed by atoms with Crippen LogP contribution in [0.1, 0.15) is 42.7 Å². The number of phenols is 1. The summed E-state index contributed by atoms with van der Waals surface area (Å²) in [5.74, 6) is 1.84. The molecule has 0 bridgehead atoms. The van der Waals surface area contributed by atoms with Crippen molar-refractivity contribution < 1.29 is 15.0 Å². The van der Waals surface area contributed by atoms with Crippen molar-refractivity contribution >= 4 is 5.78 Å². The van der Waals surface area contributed by atoms with Gasteiger partial charge in [-0.1, -0.05) is 6.07 Å². The largest absolute Gasteiger partial charge is 0.508 e. The van der Waals surface area contributed by atoms with Gasteiger partial charge in [-0.15, -0.1) is 0 Å². The number of aryl methyl sites for hydroxylation is 1. The lowest BCUT2D eigenvalue weighted by Gasteiger charge is -2.46.